The zero-order chi connectivity index (χ0) is 17.1. The molecule has 3 aromatic rings. The van der Waals surface area contributed by atoms with E-state index in [1.54, 1.807) is 24.6 Å². The first-order valence-electron chi connectivity index (χ1n) is 7.21. The van der Waals surface area contributed by atoms with Crippen molar-refractivity contribution >= 4 is 28.3 Å². The number of rotatable bonds is 4. The molecule has 0 aliphatic carbocycles. The Bertz CT molecular complexity index is 890. The van der Waals surface area contributed by atoms with Gasteiger partial charge in [-0.2, -0.15) is 0 Å². The maximum atomic E-state index is 12.8. The van der Waals surface area contributed by atoms with Crippen LogP contribution in [0.15, 0.2) is 54.0 Å². The van der Waals surface area contributed by atoms with Crippen molar-refractivity contribution < 1.29 is 14.7 Å². The molecule has 6 heteroatoms. The molecular formula is C18H14N2O3S. The van der Waals surface area contributed by atoms with Crippen LogP contribution in [0.4, 0.5) is 5.13 Å². The normalized spacial score (nSPS) is 10.4. The second-order valence-corrected chi connectivity index (χ2v) is 6.02. The van der Waals surface area contributed by atoms with Gasteiger partial charge in [-0.3, -0.25) is 10.1 Å². The molecule has 3 rings (SSSR count). The summed E-state index contributed by atoms with van der Waals surface area (Å²) in [6.45, 7) is 1.65. The van der Waals surface area contributed by atoms with Gasteiger partial charge in [0.05, 0.1) is 11.1 Å². The summed E-state index contributed by atoms with van der Waals surface area (Å²) in [5, 5.41) is 14.3. The number of thiazole rings is 1. The van der Waals surface area contributed by atoms with Crippen molar-refractivity contribution in [1.82, 2.24) is 4.98 Å². The maximum absolute atomic E-state index is 12.8. The van der Waals surface area contributed by atoms with Gasteiger partial charge in [0.15, 0.2) is 5.13 Å². The molecule has 0 aliphatic rings. The molecule has 2 N–H and O–H groups in total. The summed E-state index contributed by atoms with van der Waals surface area (Å²) in [5.74, 6) is -1.43. The zero-order valence-electron chi connectivity index (χ0n) is 12.8. The number of amides is 1. The quantitative estimate of drug-likeness (QED) is 0.751. The monoisotopic (exact) mass is 338 g/mol. The van der Waals surface area contributed by atoms with Gasteiger partial charge in [0.1, 0.15) is 0 Å². The second kappa shape index (κ2) is 6.64. The minimum absolute atomic E-state index is 0.110. The zero-order valence-corrected chi connectivity index (χ0v) is 13.6. The number of benzene rings is 2. The molecule has 2 aromatic carbocycles. The van der Waals surface area contributed by atoms with Gasteiger partial charge in [0, 0.05) is 11.6 Å². The first-order chi connectivity index (χ1) is 11.6. The van der Waals surface area contributed by atoms with Crippen molar-refractivity contribution in [1.29, 1.82) is 0 Å². The summed E-state index contributed by atoms with van der Waals surface area (Å²) in [4.78, 5) is 28.2. The van der Waals surface area contributed by atoms with Gasteiger partial charge in [-0.05, 0) is 29.7 Å². The van der Waals surface area contributed by atoms with Crippen molar-refractivity contribution in [2.45, 2.75) is 6.92 Å². The molecule has 0 saturated heterocycles. The van der Waals surface area contributed by atoms with Gasteiger partial charge in [-0.15, -0.1) is 11.3 Å². The molecule has 5 nitrogen and oxygen atoms in total. The minimum atomic E-state index is -1.06. The molecule has 0 atom stereocenters. The Labute approximate surface area is 142 Å². The Kier molecular flexibility index (Phi) is 4.39. The molecule has 0 aliphatic heterocycles. The summed E-state index contributed by atoms with van der Waals surface area (Å²) < 4.78 is 0. The van der Waals surface area contributed by atoms with Crippen LogP contribution < -0.4 is 5.32 Å². The Morgan fingerprint density at radius 1 is 1.12 bits per heavy atom. The van der Waals surface area contributed by atoms with Crippen molar-refractivity contribution in [3.05, 3.63) is 70.7 Å². The SMILES string of the molecule is Cc1c(C(=O)O)ccc(-c2ccccc2)c1C(=O)Nc1nccs1. The van der Waals surface area contributed by atoms with E-state index in [2.05, 4.69) is 10.3 Å². The largest absolute Gasteiger partial charge is 0.478 e. The fourth-order valence-corrected chi connectivity index (χ4v) is 3.06. The van der Waals surface area contributed by atoms with Crippen LogP contribution in [0.2, 0.25) is 0 Å². The van der Waals surface area contributed by atoms with Crippen molar-refractivity contribution in [2.75, 3.05) is 5.32 Å². The second-order valence-electron chi connectivity index (χ2n) is 5.12. The summed E-state index contributed by atoms with van der Waals surface area (Å²) in [6.07, 6.45) is 1.60. The van der Waals surface area contributed by atoms with Crippen LogP contribution in [0, 0.1) is 6.92 Å². The topological polar surface area (TPSA) is 79.3 Å². The van der Waals surface area contributed by atoms with Crippen LogP contribution in [-0.2, 0) is 0 Å². The number of carboxylic acids is 1. The van der Waals surface area contributed by atoms with Crippen molar-refractivity contribution in [3.63, 3.8) is 0 Å². The highest BCUT2D eigenvalue weighted by atomic mass is 32.1. The van der Waals surface area contributed by atoms with E-state index in [0.717, 1.165) is 5.56 Å². The molecule has 1 amide bonds. The van der Waals surface area contributed by atoms with E-state index in [9.17, 15) is 14.7 Å². The van der Waals surface area contributed by atoms with E-state index in [4.69, 9.17) is 0 Å². The van der Waals surface area contributed by atoms with Gasteiger partial charge in [-0.25, -0.2) is 9.78 Å². The lowest BCUT2D eigenvalue weighted by atomic mass is 9.92. The molecule has 0 saturated carbocycles. The van der Waals surface area contributed by atoms with Crippen LogP contribution in [0.3, 0.4) is 0 Å². The predicted molar refractivity (Wildman–Crippen MR) is 93.6 cm³/mol. The lowest BCUT2D eigenvalue weighted by Gasteiger charge is -2.14. The number of anilines is 1. The van der Waals surface area contributed by atoms with E-state index < -0.39 is 5.97 Å². The lowest BCUT2D eigenvalue weighted by molar-refractivity contribution is 0.0696. The molecule has 1 aromatic heterocycles. The molecule has 120 valence electrons. The highest BCUT2D eigenvalue weighted by Gasteiger charge is 2.21. The molecule has 0 unspecified atom stereocenters. The number of nitrogens with zero attached hydrogens (tertiary/aromatic N) is 1. The standard InChI is InChI=1S/C18H14N2O3S/c1-11-13(17(22)23)7-8-14(12-5-3-2-4-6-12)15(11)16(21)20-18-19-9-10-24-18/h2-10H,1H3,(H,22,23)(H,19,20,21). The van der Waals surface area contributed by atoms with E-state index in [1.165, 1.54) is 17.4 Å². The highest BCUT2D eigenvalue weighted by Crippen LogP contribution is 2.29. The number of carbonyl (C=O) groups excluding carboxylic acids is 1. The number of carbonyl (C=O) groups is 2. The molecule has 24 heavy (non-hydrogen) atoms. The number of carboxylic acid groups (broad SMARTS) is 1. The molecule has 0 spiro atoms. The number of nitrogens with one attached hydrogen (secondary N) is 1. The van der Waals surface area contributed by atoms with Crippen molar-refractivity contribution in [2.24, 2.45) is 0 Å². The van der Waals surface area contributed by atoms with Crippen LogP contribution in [-0.4, -0.2) is 22.0 Å². The Morgan fingerprint density at radius 2 is 1.88 bits per heavy atom. The van der Waals surface area contributed by atoms with E-state index in [1.807, 2.05) is 30.3 Å². The van der Waals surface area contributed by atoms with Crippen LogP contribution >= 0.6 is 11.3 Å². The fourth-order valence-electron chi connectivity index (χ4n) is 2.54. The molecule has 0 bridgehead atoms. The van der Waals surface area contributed by atoms with E-state index >= 15 is 0 Å². The van der Waals surface area contributed by atoms with Crippen LogP contribution in [0.25, 0.3) is 11.1 Å². The fraction of sp³-hybridized carbons (Fsp3) is 0.0556. The van der Waals surface area contributed by atoms with Gasteiger partial charge < -0.3 is 5.11 Å². The minimum Gasteiger partial charge on any atom is -0.478 e. The third kappa shape index (κ3) is 3.04. The molecule has 1 heterocycles. The first-order valence-corrected chi connectivity index (χ1v) is 8.09. The summed E-state index contributed by atoms with van der Waals surface area (Å²) in [5.41, 5.74) is 2.42. The van der Waals surface area contributed by atoms with E-state index in [0.29, 0.717) is 21.8 Å². The number of aromatic carboxylic acids is 1. The van der Waals surface area contributed by atoms with Crippen LogP contribution in [0.5, 0.6) is 0 Å². The van der Waals surface area contributed by atoms with Crippen LogP contribution in [0.1, 0.15) is 26.3 Å². The molecular weight excluding hydrogens is 324 g/mol. The van der Waals surface area contributed by atoms with Gasteiger partial charge in [-0.1, -0.05) is 36.4 Å². The number of aromatic nitrogens is 1. The third-order valence-corrected chi connectivity index (χ3v) is 4.35. The first kappa shape index (κ1) is 15.9. The van der Waals surface area contributed by atoms with Gasteiger partial charge in [0.2, 0.25) is 0 Å². The smallest absolute Gasteiger partial charge is 0.335 e. The summed E-state index contributed by atoms with van der Waals surface area (Å²) >= 11 is 1.30. The molecule has 0 fully saturated rings. The Morgan fingerprint density at radius 3 is 2.50 bits per heavy atom. The average Bonchev–Trinajstić information content (AvgIpc) is 3.07. The highest BCUT2D eigenvalue weighted by molar-refractivity contribution is 7.13. The van der Waals surface area contributed by atoms with E-state index in [-0.39, 0.29) is 11.5 Å². The van der Waals surface area contributed by atoms with Gasteiger partial charge >= 0.3 is 5.97 Å². The summed E-state index contributed by atoms with van der Waals surface area (Å²) in [6, 6.07) is 12.6. The average molecular weight is 338 g/mol. The number of hydrogen-bond acceptors (Lipinski definition) is 4. The Hall–Kier alpha value is -2.99. The number of hydrogen-bond donors (Lipinski definition) is 2. The third-order valence-electron chi connectivity index (χ3n) is 3.66. The summed E-state index contributed by atoms with van der Waals surface area (Å²) in [7, 11) is 0. The molecule has 0 radical (unpaired) electrons. The van der Waals surface area contributed by atoms with Gasteiger partial charge in [0.25, 0.3) is 5.91 Å². The Balaban J connectivity index is 2.14. The predicted octanol–water partition coefficient (Wildman–Crippen LogP) is 4.07. The van der Waals surface area contributed by atoms with Crippen molar-refractivity contribution in [3.8, 4) is 11.1 Å². The lowest BCUT2D eigenvalue weighted by Crippen LogP contribution is -2.16. The maximum Gasteiger partial charge on any atom is 0.335 e.